The molecule has 0 bridgehead atoms. The number of thiazole rings is 1. The highest BCUT2D eigenvalue weighted by Crippen LogP contribution is 2.49. The average molecular weight is 244 g/mol. The van der Waals surface area contributed by atoms with Gasteiger partial charge in [-0.25, -0.2) is 4.98 Å². The monoisotopic (exact) mass is 244 g/mol. The molecule has 2 nitrogen and oxygen atoms in total. The number of aromatic nitrogens is 1. The fraction of sp³-hybridized carbons (Fsp3) is 0.357. The second kappa shape index (κ2) is 4.24. The van der Waals surface area contributed by atoms with Crippen molar-refractivity contribution in [2.75, 3.05) is 0 Å². The van der Waals surface area contributed by atoms with E-state index >= 15 is 0 Å². The van der Waals surface area contributed by atoms with Gasteiger partial charge in [0.05, 0.1) is 15.6 Å². The Morgan fingerprint density at radius 3 is 2.65 bits per heavy atom. The van der Waals surface area contributed by atoms with Crippen LogP contribution in [0.1, 0.15) is 30.0 Å². The van der Waals surface area contributed by atoms with E-state index in [4.69, 9.17) is 10.7 Å². The topological polar surface area (TPSA) is 38.9 Å². The molecule has 1 aliphatic rings. The Labute approximate surface area is 106 Å². The molecule has 0 saturated heterocycles. The molecule has 2 atom stereocenters. The van der Waals surface area contributed by atoms with Gasteiger partial charge in [-0.1, -0.05) is 37.3 Å². The van der Waals surface area contributed by atoms with Crippen LogP contribution in [0.3, 0.4) is 0 Å². The van der Waals surface area contributed by atoms with Gasteiger partial charge in [0.25, 0.3) is 0 Å². The summed E-state index contributed by atoms with van der Waals surface area (Å²) in [5, 5.41) is 1.27. The maximum absolute atomic E-state index is 5.80. The van der Waals surface area contributed by atoms with Crippen LogP contribution in [0.25, 0.3) is 10.4 Å². The van der Waals surface area contributed by atoms with E-state index in [0.717, 1.165) is 11.6 Å². The van der Waals surface area contributed by atoms with Crippen molar-refractivity contribution in [2.24, 2.45) is 11.7 Å². The predicted octanol–water partition coefficient (Wildman–Crippen LogP) is 3.39. The highest BCUT2D eigenvalue weighted by atomic mass is 32.1. The molecule has 2 unspecified atom stereocenters. The lowest BCUT2D eigenvalue weighted by atomic mass is 10.1. The van der Waals surface area contributed by atoms with E-state index in [1.54, 1.807) is 0 Å². The van der Waals surface area contributed by atoms with E-state index in [9.17, 15) is 0 Å². The summed E-state index contributed by atoms with van der Waals surface area (Å²) in [4.78, 5) is 5.96. The molecule has 3 rings (SSSR count). The second-order valence-electron chi connectivity index (χ2n) is 4.72. The summed E-state index contributed by atoms with van der Waals surface area (Å²) < 4.78 is 0. The molecular weight excluding hydrogens is 228 g/mol. The Kier molecular flexibility index (Phi) is 2.73. The summed E-state index contributed by atoms with van der Waals surface area (Å²) in [5.41, 5.74) is 8.09. The fourth-order valence-corrected chi connectivity index (χ4v) is 3.49. The van der Waals surface area contributed by atoms with E-state index in [1.165, 1.54) is 21.9 Å². The third kappa shape index (κ3) is 2.01. The van der Waals surface area contributed by atoms with E-state index < -0.39 is 0 Å². The largest absolute Gasteiger partial charge is 0.325 e. The van der Waals surface area contributed by atoms with Crippen molar-refractivity contribution in [1.82, 2.24) is 4.98 Å². The number of nitrogens with zero attached hydrogens (tertiary/aromatic N) is 1. The molecule has 1 heterocycles. The maximum Gasteiger partial charge on any atom is 0.0969 e. The van der Waals surface area contributed by atoms with Crippen LogP contribution >= 0.6 is 11.3 Å². The minimum Gasteiger partial charge on any atom is -0.325 e. The summed E-state index contributed by atoms with van der Waals surface area (Å²) >= 11 is 1.82. The maximum atomic E-state index is 5.80. The summed E-state index contributed by atoms with van der Waals surface area (Å²) in [6.45, 7) is 2.82. The van der Waals surface area contributed by atoms with Crippen molar-refractivity contribution in [1.29, 1.82) is 0 Å². The van der Waals surface area contributed by atoms with Crippen LogP contribution in [0.2, 0.25) is 0 Å². The van der Waals surface area contributed by atoms with Gasteiger partial charge >= 0.3 is 0 Å². The first-order valence-corrected chi connectivity index (χ1v) is 6.86. The quantitative estimate of drug-likeness (QED) is 0.898. The van der Waals surface area contributed by atoms with Gasteiger partial charge in [0.2, 0.25) is 0 Å². The molecule has 2 N–H and O–H groups in total. The van der Waals surface area contributed by atoms with E-state index in [-0.39, 0.29) is 0 Å². The number of nitrogens with two attached hydrogens (primary N) is 1. The van der Waals surface area contributed by atoms with Gasteiger partial charge in [0, 0.05) is 12.5 Å². The molecule has 0 amide bonds. The Balaban J connectivity index is 2.01. The molecule has 1 fully saturated rings. The van der Waals surface area contributed by atoms with E-state index in [0.29, 0.717) is 12.5 Å². The van der Waals surface area contributed by atoms with Gasteiger partial charge in [-0.15, -0.1) is 11.3 Å². The molecule has 3 heteroatoms. The third-order valence-corrected chi connectivity index (χ3v) is 4.65. The number of hydrogen-bond donors (Lipinski definition) is 1. The Bertz CT molecular complexity index is 518. The Morgan fingerprint density at radius 2 is 2.06 bits per heavy atom. The SMILES string of the molecule is CC1CC1c1nc(CN)c(-c2ccccc2)s1. The van der Waals surface area contributed by atoms with Crippen LogP contribution in [-0.2, 0) is 6.54 Å². The standard InChI is InChI=1S/C14H16N2S/c1-9-7-11(9)14-16-12(8-15)13(17-14)10-5-3-2-4-6-10/h2-6,9,11H,7-8,15H2,1H3. The van der Waals surface area contributed by atoms with Gasteiger partial charge in [-0.05, 0) is 17.9 Å². The summed E-state index contributed by atoms with van der Waals surface area (Å²) in [6.07, 6.45) is 1.28. The van der Waals surface area contributed by atoms with Gasteiger partial charge < -0.3 is 5.73 Å². The molecule has 0 aliphatic heterocycles. The zero-order chi connectivity index (χ0) is 11.8. The lowest BCUT2D eigenvalue weighted by Crippen LogP contribution is -1.98. The normalized spacial score (nSPS) is 22.7. The number of hydrogen-bond acceptors (Lipinski definition) is 3. The first-order valence-electron chi connectivity index (χ1n) is 6.04. The minimum atomic E-state index is 0.530. The molecule has 2 aromatic rings. The predicted molar refractivity (Wildman–Crippen MR) is 72.0 cm³/mol. The lowest BCUT2D eigenvalue weighted by molar-refractivity contribution is 0.890. The zero-order valence-electron chi connectivity index (χ0n) is 9.89. The zero-order valence-corrected chi connectivity index (χ0v) is 10.7. The molecule has 1 aromatic carbocycles. The van der Waals surface area contributed by atoms with Gasteiger partial charge in [0.15, 0.2) is 0 Å². The van der Waals surface area contributed by atoms with Crippen molar-refractivity contribution in [3.8, 4) is 10.4 Å². The van der Waals surface area contributed by atoms with E-state index in [1.807, 2.05) is 17.4 Å². The van der Waals surface area contributed by atoms with Crippen LogP contribution in [0, 0.1) is 5.92 Å². The van der Waals surface area contributed by atoms with Gasteiger partial charge in [-0.3, -0.25) is 0 Å². The molecule has 0 radical (unpaired) electrons. The van der Waals surface area contributed by atoms with Crippen molar-refractivity contribution in [2.45, 2.75) is 25.8 Å². The fourth-order valence-electron chi connectivity index (χ4n) is 2.15. The van der Waals surface area contributed by atoms with Crippen LogP contribution in [-0.4, -0.2) is 4.98 Å². The smallest absolute Gasteiger partial charge is 0.0969 e. The highest BCUT2D eigenvalue weighted by molar-refractivity contribution is 7.15. The third-order valence-electron chi connectivity index (χ3n) is 3.37. The highest BCUT2D eigenvalue weighted by Gasteiger charge is 2.37. The summed E-state index contributed by atoms with van der Waals surface area (Å²) in [7, 11) is 0. The van der Waals surface area contributed by atoms with Crippen molar-refractivity contribution in [3.05, 3.63) is 41.0 Å². The van der Waals surface area contributed by atoms with Crippen LogP contribution < -0.4 is 5.73 Å². The van der Waals surface area contributed by atoms with Gasteiger partial charge in [0.1, 0.15) is 0 Å². The van der Waals surface area contributed by atoms with E-state index in [2.05, 4.69) is 31.2 Å². The molecule has 1 aliphatic carbocycles. The molecule has 0 spiro atoms. The lowest BCUT2D eigenvalue weighted by Gasteiger charge is -1.98. The Morgan fingerprint density at radius 1 is 1.35 bits per heavy atom. The van der Waals surface area contributed by atoms with Crippen molar-refractivity contribution in [3.63, 3.8) is 0 Å². The molecule has 88 valence electrons. The van der Waals surface area contributed by atoms with Crippen molar-refractivity contribution < 1.29 is 0 Å². The average Bonchev–Trinajstić information content (AvgIpc) is 2.95. The first-order chi connectivity index (χ1) is 8.29. The van der Waals surface area contributed by atoms with Crippen molar-refractivity contribution >= 4 is 11.3 Å². The molecule has 17 heavy (non-hydrogen) atoms. The first kappa shape index (κ1) is 10.9. The second-order valence-corrected chi connectivity index (χ2v) is 5.75. The van der Waals surface area contributed by atoms with Crippen LogP contribution in [0.15, 0.2) is 30.3 Å². The minimum absolute atomic E-state index is 0.530. The van der Waals surface area contributed by atoms with Gasteiger partial charge in [-0.2, -0.15) is 0 Å². The molecule has 1 aromatic heterocycles. The Hall–Kier alpha value is -1.19. The van der Waals surface area contributed by atoms with Crippen LogP contribution in [0.4, 0.5) is 0 Å². The van der Waals surface area contributed by atoms with Crippen LogP contribution in [0.5, 0.6) is 0 Å². The summed E-state index contributed by atoms with van der Waals surface area (Å²) in [5.74, 6) is 1.48. The molecular formula is C14H16N2S. The molecule has 1 saturated carbocycles. The number of rotatable bonds is 3. The summed E-state index contributed by atoms with van der Waals surface area (Å²) in [6, 6.07) is 10.4. The number of benzene rings is 1.